The maximum Gasteiger partial charge on any atom is 0.323 e. The molecule has 0 aliphatic rings. The summed E-state index contributed by atoms with van der Waals surface area (Å²) in [4.78, 5) is 23.8. The molecule has 1 rings (SSSR count). The van der Waals surface area contributed by atoms with Gasteiger partial charge in [-0.05, 0) is 19.1 Å². The highest BCUT2D eigenvalue weighted by molar-refractivity contribution is 5.92. The van der Waals surface area contributed by atoms with Crippen molar-refractivity contribution in [3.05, 3.63) is 24.0 Å². The van der Waals surface area contributed by atoms with Crippen LogP contribution in [0.4, 0.5) is 0 Å². The van der Waals surface area contributed by atoms with Gasteiger partial charge in [-0.2, -0.15) is 0 Å². The Morgan fingerprint density at radius 3 is 2.73 bits per heavy atom. The molecule has 0 aliphatic heterocycles. The van der Waals surface area contributed by atoms with Crippen LogP contribution < -0.4 is 0 Å². The number of carboxylic acid groups (broad SMARTS) is 1. The van der Waals surface area contributed by atoms with Crippen molar-refractivity contribution in [1.82, 2.24) is 9.47 Å². The Hall–Kier alpha value is -1.78. The van der Waals surface area contributed by atoms with Gasteiger partial charge < -0.3 is 14.6 Å². The minimum absolute atomic E-state index is 0.163. The number of hydrogen-bond donors (Lipinski definition) is 1. The molecule has 0 unspecified atom stereocenters. The standard InChI is InChI=1S/C10H14N2O3/c1-3-11(2)10(15)8-5-4-6-12(8)7-9(13)14/h4-6H,3,7H2,1-2H3,(H,13,14). The SMILES string of the molecule is CCN(C)C(=O)c1cccn1CC(=O)O. The highest BCUT2D eigenvalue weighted by Crippen LogP contribution is 2.05. The number of aliphatic carboxylic acids is 1. The average molecular weight is 210 g/mol. The van der Waals surface area contributed by atoms with E-state index in [4.69, 9.17) is 5.11 Å². The number of nitrogens with zero attached hydrogens (tertiary/aromatic N) is 2. The summed E-state index contributed by atoms with van der Waals surface area (Å²) in [6.07, 6.45) is 1.59. The molecule has 1 amide bonds. The van der Waals surface area contributed by atoms with E-state index >= 15 is 0 Å². The van der Waals surface area contributed by atoms with Crippen LogP contribution in [-0.2, 0) is 11.3 Å². The lowest BCUT2D eigenvalue weighted by Gasteiger charge is -2.15. The van der Waals surface area contributed by atoms with Crippen LogP contribution in [0, 0.1) is 0 Å². The van der Waals surface area contributed by atoms with Crippen molar-refractivity contribution >= 4 is 11.9 Å². The second kappa shape index (κ2) is 4.63. The molecule has 15 heavy (non-hydrogen) atoms. The second-order valence-corrected chi connectivity index (χ2v) is 3.23. The molecule has 0 saturated heterocycles. The van der Waals surface area contributed by atoms with E-state index in [1.165, 1.54) is 9.47 Å². The topological polar surface area (TPSA) is 62.5 Å². The fraction of sp³-hybridized carbons (Fsp3) is 0.400. The maximum absolute atomic E-state index is 11.8. The van der Waals surface area contributed by atoms with Gasteiger partial charge in [-0.3, -0.25) is 9.59 Å². The molecular formula is C10H14N2O3. The molecule has 1 N–H and O–H groups in total. The molecule has 82 valence electrons. The van der Waals surface area contributed by atoms with Crippen LogP contribution in [0.5, 0.6) is 0 Å². The molecule has 1 aromatic heterocycles. The van der Waals surface area contributed by atoms with Gasteiger partial charge in [-0.25, -0.2) is 0 Å². The average Bonchev–Trinajstić information content (AvgIpc) is 2.62. The quantitative estimate of drug-likeness (QED) is 0.794. The minimum Gasteiger partial charge on any atom is -0.480 e. The Balaban J connectivity index is 2.89. The van der Waals surface area contributed by atoms with E-state index < -0.39 is 5.97 Å². The fourth-order valence-corrected chi connectivity index (χ4v) is 1.23. The van der Waals surface area contributed by atoms with Crippen LogP contribution in [0.15, 0.2) is 18.3 Å². The van der Waals surface area contributed by atoms with E-state index in [0.717, 1.165) is 0 Å². The summed E-state index contributed by atoms with van der Waals surface area (Å²) < 4.78 is 1.43. The third-order valence-corrected chi connectivity index (χ3v) is 2.18. The third-order valence-electron chi connectivity index (χ3n) is 2.18. The summed E-state index contributed by atoms with van der Waals surface area (Å²) in [6, 6.07) is 3.29. The number of carboxylic acids is 1. The monoisotopic (exact) mass is 210 g/mol. The molecule has 1 aromatic rings. The van der Waals surface area contributed by atoms with Crippen molar-refractivity contribution in [2.75, 3.05) is 13.6 Å². The second-order valence-electron chi connectivity index (χ2n) is 3.23. The van der Waals surface area contributed by atoms with Gasteiger partial charge in [-0.1, -0.05) is 0 Å². The normalized spacial score (nSPS) is 10.0. The van der Waals surface area contributed by atoms with E-state index in [1.807, 2.05) is 6.92 Å². The number of carbonyl (C=O) groups is 2. The first-order valence-electron chi connectivity index (χ1n) is 4.68. The smallest absolute Gasteiger partial charge is 0.323 e. The first-order chi connectivity index (χ1) is 7.06. The van der Waals surface area contributed by atoms with Crippen LogP contribution >= 0.6 is 0 Å². The lowest BCUT2D eigenvalue weighted by atomic mass is 10.3. The van der Waals surface area contributed by atoms with Gasteiger partial charge in [0, 0.05) is 19.8 Å². The molecule has 0 spiro atoms. The zero-order valence-corrected chi connectivity index (χ0v) is 8.80. The Labute approximate surface area is 87.9 Å². The van der Waals surface area contributed by atoms with Crippen molar-refractivity contribution < 1.29 is 14.7 Å². The first-order valence-corrected chi connectivity index (χ1v) is 4.68. The third kappa shape index (κ3) is 2.59. The summed E-state index contributed by atoms with van der Waals surface area (Å²) in [6.45, 7) is 2.27. The number of rotatable bonds is 4. The van der Waals surface area contributed by atoms with Gasteiger partial charge in [0.05, 0.1) is 0 Å². The van der Waals surface area contributed by atoms with Gasteiger partial charge in [0.15, 0.2) is 0 Å². The van der Waals surface area contributed by atoms with E-state index in [-0.39, 0.29) is 12.5 Å². The van der Waals surface area contributed by atoms with Crippen molar-refractivity contribution in [3.8, 4) is 0 Å². The van der Waals surface area contributed by atoms with E-state index in [9.17, 15) is 9.59 Å². The van der Waals surface area contributed by atoms with Crippen LogP contribution in [-0.4, -0.2) is 40.0 Å². The fourth-order valence-electron chi connectivity index (χ4n) is 1.23. The lowest BCUT2D eigenvalue weighted by molar-refractivity contribution is -0.137. The summed E-state index contributed by atoms with van der Waals surface area (Å²) >= 11 is 0. The minimum atomic E-state index is -0.959. The Kier molecular flexibility index (Phi) is 3.49. The number of amides is 1. The molecule has 5 heteroatoms. The molecule has 0 aliphatic carbocycles. The number of aromatic nitrogens is 1. The number of hydrogen-bond acceptors (Lipinski definition) is 2. The predicted octanol–water partition coefficient (Wildman–Crippen LogP) is 0.665. The van der Waals surface area contributed by atoms with Crippen molar-refractivity contribution in [3.63, 3.8) is 0 Å². The molecule has 5 nitrogen and oxygen atoms in total. The first kappa shape index (κ1) is 11.3. The zero-order chi connectivity index (χ0) is 11.4. The van der Waals surface area contributed by atoms with Gasteiger partial charge in [0.1, 0.15) is 12.2 Å². The summed E-state index contributed by atoms with van der Waals surface area (Å²) in [5.41, 5.74) is 0.404. The van der Waals surface area contributed by atoms with Crippen molar-refractivity contribution in [2.45, 2.75) is 13.5 Å². The molecule has 1 heterocycles. The molecule has 0 fully saturated rings. The van der Waals surface area contributed by atoms with Crippen LogP contribution in [0.1, 0.15) is 17.4 Å². The Morgan fingerprint density at radius 1 is 1.53 bits per heavy atom. The summed E-state index contributed by atoms with van der Waals surface area (Å²) in [5, 5.41) is 8.64. The highest BCUT2D eigenvalue weighted by atomic mass is 16.4. The number of carbonyl (C=O) groups excluding carboxylic acids is 1. The van der Waals surface area contributed by atoms with Gasteiger partial charge in [-0.15, -0.1) is 0 Å². The molecule has 0 atom stereocenters. The molecular weight excluding hydrogens is 196 g/mol. The van der Waals surface area contributed by atoms with Crippen molar-refractivity contribution in [2.24, 2.45) is 0 Å². The summed E-state index contributed by atoms with van der Waals surface area (Å²) in [5.74, 6) is -1.12. The van der Waals surface area contributed by atoms with Crippen LogP contribution in [0.3, 0.4) is 0 Å². The Morgan fingerprint density at radius 2 is 2.20 bits per heavy atom. The lowest BCUT2D eigenvalue weighted by Crippen LogP contribution is -2.29. The van der Waals surface area contributed by atoms with Crippen LogP contribution in [0.25, 0.3) is 0 Å². The van der Waals surface area contributed by atoms with Crippen LogP contribution in [0.2, 0.25) is 0 Å². The molecule has 0 saturated carbocycles. The van der Waals surface area contributed by atoms with E-state index in [2.05, 4.69) is 0 Å². The zero-order valence-electron chi connectivity index (χ0n) is 8.80. The van der Waals surface area contributed by atoms with Gasteiger partial charge in [0.2, 0.25) is 0 Å². The molecule has 0 radical (unpaired) electrons. The summed E-state index contributed by atoms with van der Waals surface area (Å²) in [7, 11) is 1.68. The molecule has 0 aromatic carbocycles. The van der Waals surface area contributed by atoms with Gasteiger partial charge in [0.25, 0.3) is 5.91 Å². The molecule has 0 bridgehead atoms. The van der Waals surface area contributed by atoms with Gasteiger partial charge >= 0.3 is 5.97 Å². The Bertz CT molecular complexity index is 370. The van der Waals surface area contributed by atoms with E-state index in [0.29, 0.717) is 12.2 Å². The predicted molar refractivity (Wildman–Crippen MR) is 54.7 cm³/mol. The highest BCUT2D eigenvalue weighted by Gasteiger charge is 2.15. The maximum atomic E-state index is 11.8. The van der Waals surface area contributed by atoms with E-state index in [1.54, 1.807) is 25.4 Å². The largest absolute Gasteiger partial charge is 0.480 e. The van der Waals surface area contributed by atoms with Crippen molar-refractivity contribution in [1.29, 1.82) is 0 Å².